The molecule has 6 heteroatoms. The Kier molecular flexibility index (Phi) is 8.23. The van der Waals surface area contributed by atoms with Crippen LogP contribution in [0.3, 0.4) is 0 Å². The monoisotopic (exact) mass is 245 g/mol. The molecular formula is C10H19NO4Si. The molecule has 5 nitrogen and oxygen atoms in total. The Labute approximate surface area is 98.6 Å². The number of hydrogen-bond acceptors (Lipinski definition) is 4. The zero-order valence-corrected chi connectivity index (χ0v) is 11.9. The molecule has 0 aliphatic carbocycles. The SMILES string of the molecule is C=C(C)C(=O)OCCNC(=O)OCCC[SiH3]. The summed E-state index contributed by atoms with van der Waals surface area (Å²) >= 11 is 0. The van der Waals surface area contributed by atoms with E-state index < -0.39 is 12.1 Å². The molecule has 0 heterocycles. The largest absolute Gasteiger partial charge is 0.460 e. The van der Waals surface area contributed by atoms with Crippen molar-refractivity contribution >= 4 is 22.3 Å². The minimum Gasteiger partial charge on any atom is -0.460 e. The van der Waals surface area contributed by atoms with Crippen molar-refractivity contribution in [1.29, 1.82) is 0 Å². The van der Waals surface area contributed by atoms with Crippen LogP contribution < -0.4 is 5.32 Å². The molecule has 0 spiro atoms. The van der Waals surface area contributed by atoms with Crippen LogP contribution >= 0.6 is 0 Å². The second kappa shape index (κ2) is 8.96. The molecule has 0 fully saturated rings. The van der Waals surface area contributed by atoms with Crippen molar-refractivity contribution in [2.45, 2.75) is 19.4 Å². The summed E-state index contributed by atoms with van der Waals surface area (Å²) in [5.41, 5.74) is 0.342. The van der Waals surface area contributed by atoms with Crippen LogP contribution in [0, 0.1) is 0 Å². The van der Waals surface area contributed by atoms with E-state index in [2.05, 4.69) is 11.9 Å². The maximum atomic E-state index is 11.0. The molecule has 0 aliphatic heterocycles. The molecule has 92 valence electrons. The Hall–Kier alpha value is -1.30. The summed E-state index contributed by atoms with van der Waals surface area (Å²) in [5, 5.41) is 2.48. The lowest BCUT2D eigenvalue weighted by atomic mass is 10.4. The van der Waals surface area contributed by atoms with Crippen LogP contribution in [0.2, 0.25) is 6.04 Å². The molecular weight excluding hydrogens is 226 g/mol. The number of amides is 1. The van der Waals surface area contributed by atoms with Crippen molar-refractivity contribution in [1.82, 2.24) is 5.32 Å². The Morgan fingerprint density at radius 1 is 1.31 bits per heavy atom. The third-order valence-corrected chi connectivity index (χ3v) is 2.39. The fourth-order valence-corrected chi connectivity index (χ4v) is 1.07. The molecule has 0 radical (unpaired) electrons. The van der Waals surface area contributed by atoms with E-state index in [1.54, 1.807) is 6.92 Å². The van der Waals surface area contributed by atoms with Crippen LogP contribution in [0.4, 0.5) is 4.79 Å². The predicted molar refractivity (Wildman–Crippen MR) is 64.5 cm³/mol. The number of nitrogens with one attached hydrogen (secondary N) is 1. The first-order chi connectivity index (χ1) is 7.57. The van der Waals surface area contributed by atoms with Crippen molar-refractivity contribution in [2.24, 2.45) is 0 Å². The number of ether oxygens (including phenoxy) is 2. The molecule has 16 heavy (non-hydrogen) atoms. The van der Waals surface area contributed by atoms with Gasteiger partial charge in [0, 0.05) is 15.8 Å². The zero-order valence-electron chi connectivity index (χ0n) is 9.88. The Morgan fingerprint density at radius 3 is 2.56 bits per heavy atom. The van der Waals surface area contributed by atoms with Crippen LogP contribution in [0.15, 0.2) is 12.2 Å². The van der Waals surface area contributed by atoms with Crippen LogP contribution in [0.1, 0.15) is 13.3 Å². The van der Waals surface area contributed by atoms with Crippen LogP contribution in [-0.2, 0) is 14.3 Å². The van der Waals surface area contributed by atoms with Gasteiger partial charge in [-0.15, -0.1) is 0 Å². The van der Waals surface area contributed by atoms with E-state index in [0.29, 0.717) is 12.2 Å². The quantitative estimate of drug-likeness (QED) is 0.297. The predicted octanol–water partition coefficient (Wildman–Crippen LogP) is 0.00570. The van der Waals surface area contributed by atoms with Gasteiger partial charge in [-0.1, -0.05) is 12.6 Å². The van der Waals surface area contributed by atoms with E-state index in [4.69, 9.17) is 9.47 Å². The number of carbonyl (C=O) groups excluding carboxylic acids is 2. The van der Waals surface area contributed by atoms with Crippen LogP contribution in [0.5, 0.6) is 0 Å². The highest BCUT2D eigenvalue weighted by Gasteiger charge is 2.04. The van der Waals surface area contributed by atoms with Crippen molar-refractivity contribution in [3.63, 3.8) is 0 Å². The number of carbonyl (C=O) groups is 2. The van der Waals surface area contributed by atoms with Crippen molar-refractivity contribution in [3.05, 3.63) is 12.2 Å². The summed E-state index contributed by atoms with van der Waals surface area (Å²) in [5.74, 6) is -0.453. The molecule has 0 unspecified atom stereocenters. The first kappa shape index (κ1) is 14.7. The lowest BCUT2D eigenvalue weighted by Gasteiger charge is -2.07. The third kappa shape index (κ3) is 8.04. The van der Waals surface area contributed by atoms with Gasteiger partial charge >= 0.3 is 12.1 Å². The second-order valence-electron chi connectivity index (χ2n) is 3.33. The lowest BCUT2D eigenvalue weighted by Crippen LogP contribution is -2.29. The Bertz CT molecular complexity index is 255. The first-order valence-electron chi connectivity index (χ1n) is 5.31. The summed E-state index contributed by atoms with van der Waals surface area (Å²) in [6.07, 6.45) is 0.436. The fourth-order valence-electron chi connectivity index (χ4n) is 0.780. The average molecular weight is 245 g/mol. The van der Waals surface area contributed by atoms with E-state index in [1.165, 1.54) is 0 Å². The molecule has 0 rings (SSSR count). The molecule has 0 saturated heterocycles. The summed E-state index contributed by atoms with van der Waals surface area (Å²) in [6, 6.07) is 1.11. The summed E-state index contributed by atoms with van der Waals surface area (Å²) in [6.45, 7) is 5.82. The van der Waals surface area contributed by atoms with Gasteiger partial charge in [0.05, 0.1) is 13.2 Å². The number of esters is 1. The van der Waals surface area contributed by atoms with Crippen molar-refractivity contribution in [2.75, 3.05) is 19.8 Å². The minimum atomic E-state index is -0.471. The van der Waals surface area contributed by atoms with Gasteiger partial charge in [-0.25, -0.2) is 9.59 Å². The highest BCUT2D eigenvalue weighted by atomic mass is 28.1. The van der Waals surface area contributed by atoms with Crippen LogP contribution in [0.25, 0.3) is 0 Å². The molecule has 0 aromatic rings. The Morgan fingerprint density at radius 2 is 2.00 bits per heavy atom. The van der Waals surface area contributed by atoms with Gasteiger partial charge in [-0.05, 0) is 13.3 Å². The van der Waals surface area contributed by atoms with Crippen LogP contribution in [-0.4, -0.2) is 42.1 Å². The molecule has 1 amide bonds. The molecule has 0 aromatic heterocycles. The van der Waals surface area contributed by atoms with Gasteiger partial charge < -0.3 is 14.8 Å². The molecule has 0 aliphatic rings. The first-order valence-corrected chi connectivity index (χ1v) is 6.72. The van der Waals surface area contributed by atoms with E-state index >= 15 is 0 Å². The van der Waals surface area contributed by atoms with Gasteiger partial charge in [-0.3, -0.25) is 0 Å². The molecule has 1 N–H and O–H groups in total. The van der Waals surface area contributed by atoms with Gasteiger partial charge in [0.1, 0.15) is 6.61 Å². The van der Waals surface area contributed by atoms with Gasteiger partial charge in [0.2, 0.25) is 0 Å². The summed E-state index contributed by atoms with van der Waals surface area (Å²) < 4.78 is 9.63. The summed E-state index contributed by atoms with van der Waals surface area (Å²) in [4.78, 5) is 22.0. The topological polar surface area (TPSA) is 64.6 Å². The van der Waals surface area contributed by atoms with E-state index in [-0.39, 0.29) is 13.2 Å². The van der Waals surface area contributed by atoms with Gasteiger partial charge in [0.15, 0.2) is 0 Å². The lowest BCUT2D eigenvalue weighted by molar-refractivity contribution is -0.138. The third-order valence-electron chi connectivity index (χ3n) is 1.68. The molecule has 0 atom stereocenters. The molecule has 0 aromatic carbocycles. The fraction of sp³-hybridized carbons (Fsp3) is 0.600. The minimum absolute atomic E-state index is 0.126. The summed E-state index contributed by atoms with van der Waals surface area (Å²) in [7, 11) is 1.12. The standard InChI is InChI=1S/C10H19NO4Si/c1-8(2)9(12)14-6-4-11-10(13)15-5-3-7-16/h1,3-7H2,2,16H3,(H,11,13). The van der Waals surface area contributed by atoms with E-state index in [1.807, 2.05) is 0 Å². The normalized spacial score (nSPS) is 9.56. The van der Waals surface area contributed by atoms with Gasteiger partial charge in [0.25, 0.3) is 0 Å². The molecule has 0 bridgehead atoms. The number of alkyl carbamates (subject to hydrolysis) is 1. The van der Waals surface area contributed by atoms with Crippen molar-refractivity contribution < 1.29 is 19.1 Å². The second-order valence-corrected chi connectivity index (χ2v) is 4.33. The smallest absolute Gasteiger partial charge is 0.407 e. The van der Waals surface area contributed by atoms with E-state index in [9.17, 15) is 9.59 Å². The van der Waals surface area contributed by atoms with Gasteiger partial charge in [-0.2, -0.15) is 0 Å². The molecule has 0 saturated carbocycles. The van der Waals surface area contributed by atoms with E-state index in [0.717, 1.165) is 22.7 Å². The average Bonchev–Trinajstić information content (AvgIpc) is 2.24. The number of hydrogen-bond donors (Lipinski definition) is 1. The maximum absolute atomic E-state index is 11.0. The Balaban J connectivity index is 3.41. The van der Waals surface area contributed by atoms with Crippen molar-refractivity contribution in [3.8, 4) is 0 Å². The number of rotatable bonds is 7. The highest BCUT2D eigenvalue weighted by Crippen LogP contribution is 1.91. The zero-order chi connectivity index (χ0) is 12.4. The maximum Gasteiger partial charge on any atom is 0.407 e. The highest BCUT2D eigenvalue weighted by molar-refractivity contribution is 6.08.